The summed E-state index contributed by atoms with van der Waals surface area (Å²) in [4.78, 5) is 17.7. The van der Waals surface area contributed by atoms with Crippen LogP contribution in [0.2, 0.25) is 0 Å². The number of thiazole rings is 1. The molecule has 0 saturated carbocycles. The molecule has 1 atom stereocenters. The van der Waals surface area contributed by atoms with Gasteiger partial charge in [-0.3, -0.25) is 4.79 Å². The molecule has 0 saturated heterocycles. The van der Waals surface area contributed by atoms with Crippen LogP contribution in [0.15, 0.2) is 29.6 Å². The number of benzene rings is 1. The molecule has 130 valence electrons. The maximum Gasteiger partial charge on any atom is 0.275 e. The van der Waals surface area contributed by atoms with Crippen molar-refractivity contribution in [1.29, 1.82) is 0 Å². The summed E-state index contributed by atoms with van der Waals surface area (Å²) in [5, 5.41) is 9.22. The highest BCUT2D eigenvalue weighted by atomic mass is 32.1. The number of rotatable bonds is 6. The second kappa shape index (κ2) is 7.77. The van der Waals surface area contributed by atoms with Crippen molar-refractivity contribution in [2.75, 3.05) is 18.9 Å². The Bertz CT molecular complexity index is 673. The fourth-order valence-electron chi connectivity index (χ4n) is 2.31. The van der Waals surface area contributed by atoms with E-state index in [2.05, 4.69) is 34.7 Å². The molecule has 5 nitrogen and oxygen atoms in total. The quantitative estimate of drug-likeness (QED) is 0.750. The van der Waals surface area contributed by atoms with Crippen molar-refractivity contribution >= 4 is 28.1 Å². The molecule has 1 heterocycles. The van der Waals surface area contributed by atoms with Crippen molar-refractivity contribution in [2.24, 2.45) is 0 Å². The number of nitrogens with zero attached hydrogens (tertiary/aromatic N) is 1. The number of carbonyl (C=O) groups is 1. The van der Waals surface area contributed by atoms with E-state index in [9.17, 15) is 4.79 Å². The minimum Gasteiger partial charge on any atom is -0.347 e. The minimum atomic E-state index is -0.191. The number of carbonyl (C=O) groups excluding carboxylic acids is 1. The Morgan fingerprint density at radius 3 is 2.54 bits per heavy atom. The van der Waals surface area contributed by atoms with Crippen LogP contribution in [0, 0.1) is 6.92 Å². The molecule has 1 aromatic carbocycles. The zero-order valence-corrected chi connectivity index (χ0v) is 15.9. The zero-order valence-electron chi connectivity index (χ0n) is 15.1. The van der Waals surface area contributed by atoms with Crippen LogP contribution in [-0.2, 0) is 11.3 Å². The minimum absolute atomic E-state index is 0.0632. The molecule has 1 amide bonds. The molecule has 0 fully saturated rings. The summed E-state index contributed by atoms with van der Waals surface area (Å²) in [7, 11) is 2.01. The third-order valence-electron chi connectivity index (χ3n) is 3.31. The van der Waals surface area contributed by atoms with Crippen molar-refractivity contribution in [1.82, 2.24) is 10.3 Å². The molecule has 2 aromatic rings. The number of aryl methyl sites for hydroxylation is 1. The Morgan fingerprint density at radius 2 is 1.92 bits per heavy atom. The third-order valence-corrected chi connectivity index (χ3v) is 4.12. The van der Waals surface area contributed by atoms with Crippen LogP contribution in [0.5, 0.6) is 0 Å². The summed E-state index contributed by atoms with van der Waals surface area (Å²) in [5.74, 6) is 0.0632. The lowest BCUT2D eigenvalue weighted by atomic mass is 10.1. The summed E-state index contributed by atoms with van der Waals surface area (Å²) < 4.78 is 0. The largest absolute Gasteiger partial charge is 0.347 e. The van der Waals surface area contributed by atoms with E-state index in [1.165, 1.54) is 5.56 Å². The molecule has 6 heteroatoms. The summed E-state index contributed by atoms with van der Waals surface area (Å²) in [6, 6.07) is 8.24. The van der Waals surface area contributed by atoms with Crippen molar-refractivity contribution in [3.05, 3.63) is 40.9 Å². The topological polar surface area (TPSA) is 58.5 Å². The molecule has 0 spiro atoms. The van der Waals surface area contributed by atoms with Gasteiger partial charge in [-0.1, -0.05) is 17.7 Å². The number of anilines is 2. The second-order valence-electron chi connectivity index (χ2n) is 7.24. The Labute approximate surface area is 148 Å². The predicted octanol–water partition coefficient (Wildman–Crippen LogP) is 2.12. The van der Waals surface area contributed by atoms with Gasteiger partial charge in [0.2, 0.25) is 0 Å². The summed E-state index contributed by atoms with van der Waals surface area (Å²) in [6.07, 6.45) is 0. The third kappa shape index (κ3) is 6.29. The number of hydrogen-bond donors (Lipinski definition) is 3. The lowest BCUT2D eigenvalue weighted by Gasteiger charge is -2.21. The first kappa shape index (κ1) is 18.4. The van der Waals surface area contributed by atoms with Crippen LogP contribution in [0.4, 0.5) is 10.8 Å². The number of aromatic nitrogens is 1. The number of likely N-dealkylation sites (N-methyl/N-ethyl adjacent to an activating group) is 1. The summed E-state index contributed by atoms with van der Waals surface area (Å²) in [5.41, 5.74) is 3.07. The Morgan fingerprint density at radius 1 is 1.25 bits per heavy atom. The first-order valence-electron chi connectivity index (χ1n) is 8.12. The monoisotopic (exact) mass is 347 g/mol. The predicted molar refractivity (Wildman–Crippen MR) is 99.9 cm³/mol. The van der Waals surface area contributed by atoms with Gasteiger partial charge in [0.1, 0.15) is 12.2 Å². The number of amides is 1. The molecule has 1 unspecified atom stereocenters. The van der Waals surface area contributed by atoms with Crippen molar-refractivity contribution < 1.29 is 9.69 Å². The van der Waals surface area contributed by atoms with Gasteiger partial charge in [-0.15, -0.1) is 11.3 Å². The van der Waals surface area contributed by atoms with E-state index in [1.807, 2.05) is 45.3 Å². The van der Waals surface area contributed by atoms with E-state index in [0.29, 0.717) is 6.54 Å². The molecule has 0 radical (unpaired) electrons. The summed E-state index contributed by atoms with van der Waals surface area (Å²) in [6.45, 7) is 9.20. The zero-order chi connectivity index (χ0) is 17.7. The van der Waals surface area contributed by atoms with E-state index >= 15 is 0 Å². The molecular weight excluding hydrogens is 320 g/mol. The highest BCUT2D eigenvalue weighted by molar-refractivity contribution is 7.13. The van der Waals surface area contributed by atoms with Gasteiger partial charge in [0.25, 0.3) is 5.91 Å². The number of nitrogens with one attached hydrogen (secondary N) is 3. The van der Waals surface area contributed by atoms with Crippen LogP contribution in [0.25, 0.3) is 0 Å². The average Bonchev–Trinajstić information content (AvgIpc) is 2.86. The first-order chi connectivity index (χ1) is 11.2. The van der Waals surface area contributed by atoms with E-state index in [-0.39, 0.29) is 11.4 Å². The van der Waals surface area contributed by atoms with Crippen LogP contribution < -0.4 is 15.5 Å². The maximum absolute atomic E-state index is 12.0. The van der Waals surface area contributed by atoms with Crippen LogP contribution >= 0.6 is 11.3 Å². The van der Waals surface area contributed by atoms with Crippen molar-refractivity contribution in [2.45, 2.75) is 39.8 Å². The highest BCUT2D eigenvalue weighted by Crippen LogP contribution is 2.20. The second-order valence-corrected chi connectivity index (χ2v) is 8.10. The van der Waals surface area contributed by atoms with E-state index in [0.717, 1.165) is 28.0 Å². The smallest absolute Gasteiger partial charge is 0.275 e. The molecule has 1 aromatic heterocycles. The normalized spacial score (nSPS) is 12.7. The highest BCUT2D eigenvalue weighted by Gasteiger charge is 2.17. The van der Waals surface area contributed by atoms with Crippen molar-refractivity contribution in [3.8, 4) is 0 Å². The maximum atomic E-state index is 12.0. The molecule has 0 aliphatic heterocycles. The molecule has 3 N–H and O–H groups in total. The van der Waals surface area contributed by atoms with Gasteiger partial charge in [-0.05, 0) is 39.8 Å². The van der Waals surface area contributed by atoms with Crippen molar-refractivity contribution in [3.63, 3.8) is 0 Å². The fraction of sp³-hybridized carbons (Fsp3) is 0.444. The molecule has 2 rings (SSSR count). The van der Waals surface area contributed by atoms with Crippen LogP contribution in [0.3, 0.4) is 0 Å². The first-order valence-corrected chi connectivity index (χ1v) is 9.00. The van der Waals surface area contributed by atoms with E-state index in [4.69, 9.17) is 0 Å². The standard InChI is InChI=1S/C18H26N4OS/c1-13-6-8-14(9-7-13)19-17-20-15(12-24-17)10-22(5)11-16(23)21-18(2,3)4/h6-9,12H,10-11H2,1-5H3,(H,19,20)(H,21,23)/p+1. The Kier molecular flexibility index (Phi) is 5.96. The van der Waals surface area contributed by atoms with E-state index < -0.39 is 0 Å². The molecule has 0 bridgehead atoms. The van der Waals surface area contributed by atoms with Gasteiger partial charge in [0.15, 0.2) is 11.7 Å². The van der Waals surface area contributed by atoms with Gasteiger partial charge >= 0.3 is 0 Å². The number of hydrogen-bond acceptors (Lipinski definition) is 4. The number of quaternary nitrogens is 1. The Balaban J connectivity index is 1.86. The van der Waals surface area contributed by atoms with Gasteiger partial charge in [0.05, 0.1) is 7.05 Å². The van der Waals surface area contributed by atoms with E-state index in [1.54, 1.807) is 11.3 Å². The fourth-order valence-corrected chi connectivity index (χ4v) is 3.04. The lowest BCUT2D eigenvalue weighted by Crippen LogP contribution is -3.09. The molecule has 0 aliphatic carbocycles. The van der Waals surface area contributed by atoms with Gasteiger partial charge in [-0.2, -0.15) is 0 Å². The summed E-state index contributed by atoms with van der Waals surface area (Å²) >= 11 is 1.58. The SMILES string of the molecule is Cc1ccc(Nc2nc(C[NH+](C)CC(=O)NC(C)(C)C)cs2)cc1. The van der Waals surface area contributed by atoms with Gasteiger partial charge in [-0.25, -0.2) is 4.98 Å². The van der Waals surface area contributed by atoms with Crippen LogP contribution in [-0.4, -0.2) is 30.0 Å². The van der Waals surface area contributed by atoms with Crippen LogP contribution in [0.1, 0.15) is 32.0 Å². The van der Waals surface area contributed by atoms with Gasteiger partial charge < -0.3 is 15.5 Å². The molecule has 24 heavy (non-hydrogen) atoms. The average molecular weight is 348 g/mol. The molecular formula is C18H27N4OS+. The van der Waals surface area contributed by atoms with Gasteiger partial charge in [0, 0.05) is 16.6 Å². The Hall–Kier alpha value is -1.92. The molecule has 0 aliphatic rings. The lowest BCUT2D eigenvalue weighted by molar-refractivity contribution is -0.885.